The Morgan fingerprint density at radius 1 is 1.32 bits per heavy atom. The second-order valence-corrected chi connectivity index (χ2v) is 5.06. The molecule has 22 heavy (non-hydrogen) atoms. The van der Waals surface area contributed by atoms with Crippen LogP contribution in [-0.2, 0) is 11.2 Å². The molecule has 1 aromatic carbocycles. The van der Waals surface area contributed by atoms with Crippen molar-refractivity contribution in [3.63, 3.8) is 0 Å². The number of carbonyl (C=O) groups excluding carboxylic acids is 1. The van der Waals surface area contributed by atoms with E-state index in [1.165, 1.54) is 0 Å². The van der Waals surface area contributed by atoms with Crippen molar-refractivity contribution in [2.45, 2.75) is 32.2 Å². The molecule has 0 aliphatic carbocycles. The van der Waals surface area contributed by atoms with E-state index in [0.29, 0.717) is 0 Å². The first-order valence-electron chi connectivity index (χ1n) is 7.22. The van der Waals surface area contributed by atoms with Gasteiger partial charge in [-0.2, -0.15) is 5.10 Å². The summed E-state index contributed by atoms with van der Waals surface area (Å²) < 4.78 is 0. The second kappa shape index (κ2) is 7.40. The summed E-state index contributed by atoms with van der Waals surface area (Å²) in [5, 5.41) is 18.6. The summed E-state index contributed by atoms with van der Waals surface area (Å²) in [6, 6.07) is 10.2. The van der Waals surface area contributed by atoms with Crippen molar-refractivity contribution in [1.82, 2.24) is 15.5 Å². The lowest BCUT2D eigenvalue weighted by atomic mass is 10.0. The molecule has 2 rings (SSSR count). The van der Waals surface area contributed by atoms with Crippen LogP contribution in [0.1, 0.15) is 47.6 Å². The Morgan fingerprint density at radius 2 is 2.05 bits per heavy atom. The smallest absolute Gasteiger partial charge is 0.305 e. The molecule has 6 heteroatoms. The number of aromatic amines is 1. The number of nitrogens with zero attached hydrogens (tertiary/aromatic N) is 1. The Labute approximate surface area is 128 Å². The predicted octanol–water partition coefficient (Wildman–Crippen LogP) is 2.31. The molecule has 0 saturated carbocycles. The summed E-state index contributed by atoms with van der Waals surface area (Å²) in [5.74, 6) is -1.35. The topological polar surface area (TPSA) is 95.1 Å². The maximum atomic E-state index is 12.2. The highest BCUT2D eigenvalue weighted by Crippen LogP contribution is 2.17. The van der Waals surface area contributed by atoms with Crippen molar-refractivity contribution in [3.05, 3.63) is 53.3 Å². The number of amides is 1. The number of aliphatic carboxylic acids is 1. The van der Waals surface area contributed by atoms with Gasteiger partial charge < -0.3 is 10.4 Å². The number of hydrogen-bond donors (Lipinski definition) is 3. The van der Waals surface area contributed by atoms with Crippen LogP contribution < -0.4 is 5.32 Å². The first kappa shape index (κ1) is 15.8. The SMILES string of the molecule is CCCc1cc(C(=O)N[C@@H](CC(=O)O)c2ccccc2)n[nH]1. The quantitative estimate of drug-likeness (QED) is 0.731. The van der Waals surface area contributed by atoms with Gasteiger partial charge in [0, 0.05) is 5.69 Å². The molecule has 1 atom stereocenters. The van der Waals surface area contributed by atoms with Crippen LogP contribution >= 0.6 is 0 Å². The number of carboxylic acid groups (broad SMARTS) is 1. The molecule has 0 aliphatic heterocycles. The number of H-pyrrole nitrogens is 1. The zero-order valence-corrected chi connectivity index (χ0v) is 12.4. The molecule has 116 valence electrons. The van der Waals surface area contributed by atoms with Gasteiger partial charge >= 0.3 is 5.97 Å². The highest BCUT2D eigenvalue weighted by Gasteiger charge is 2.20. The third kappa shape index (κ3) is 4.18. The Hall–Kier alpha value is -2.63. The molecule has 1 heterocycles. The summed E-state index contributed by atoms with van der Waals surface area (Å²) in [6.07, 6.45) is 1.59. The van der Waals surface area contributed by atoms with E-state index in [4.69, 9.17) is 5.11 Å². The van der Waals surface area contributed by atoms with Crippen LogP contribution in [0.2, 0.25) is 0 Å². The van der Waals surface area contributed by atoms with E-state index in [1.807, 2.05) is 25.1 Å². The lowest BCUT2D eigenvalue weighted by Crippen LogP contribution is -2.30. The van der Waals surface area contributed by atoms with Crippen molar-refractivity contribution in [2.75, 3.05) is 0 Å². The highest BCUT2D eigenvalue weighted by atomic mass is 16.4. The molecule has 3 N–H and O–H groups in total. The van der Waals surface area contributed by atoms with Crippen LogP contribution in [0.15, 0.2) is 36.4 Å². The van der Waals surface area contributed by atoms with Crippen LogP contribution in [0.4, 0.5) is 0 Å². The molecular formula is C16H19N3O3. The monoisotopic (exact) mass is 301 g/mol. The van der Waals surface area contributed by atoms with E-state index in [2.05, 4.69) is 15.5 Å². The number of aromatic nitrogens is 2. The van der Waals surface area contributed by atoms with Gasteiger partial charge in [0.2, 0.25) is 0 Å². The molecular weight excluding hydrogens is 282 g/mol. The fraction of sp³-hybridized carbons (Fsp3) is 0.312. The largest absolute Gasteiger partial charge is 0.481 e. The normalized spacial score (nSPS) is 11.9. The molecule has 0 spiro atoms. The number of rotatable bonds is 7. The summed E-state index contributed by atoms with van der Waals surface area (Å²) in [4.78, 5) is 23.3. The fourth-order valence-corrected chi connectivity index (χ4v) is 2.22. The van der Waals surface area contributed by atoms with Crippen molar-refractivity contribution in [2.24, 2.45) is 0 Å². The fourth-order valence-electron chi connectivity index (χ4n) is 2.22. The Balaban J connectivity index is 2.12. The molecule has 0 saturated heterocycles. The minimum Gasteiger partial charge on any atom is -0.481 e. The standard InChI is InChI=1S/C16H19N3O3/c1-2-6-12-9-14(19-18-12)16(22)17-13(10-15(20)21)11-7-4-3-5-8-11/h3-5,7-9,13H,2,6,10H2,1H3,(H,17,22)(H,18,19)(H,20,21)/t13-/m0/s1. The summed E-state index contributed by atoms with van der Waals surface area (Å²) in [5.41, 5.74) is 1.92. The van der Waals surface area contributed by atoms with Crippen molar-refractivity contribution in [1.29, 1.82) is 0 Å². The van der Waals surface area contributed by atoms with E-state index in [-0.39, 0.29) is 18.0 Å². The van der Waals surface area contributed by atoms with Gasteiger partial charge in [-0.1, -0.05) is 43.7 Å². The molecule has 0 unspecified atom stereocenters. The van der Waals surface area contributed by atoms with E-state index in [0.717, 1.165) is 24.1 Å². The van der Waals surface area contributed by atoms with Crippen LogP contribution in [0.3, 0.4) is 0 Å². The first-order chi connectivity index (χ1) is 10.6. The van der Waals surface area contributed by atoms with Gasteiger partial charge in [-0.05, 0) is 18.1 Å². The van der Waals surface area contributed by atoms with Crippen LogP contribution in [0, 0.1) is 0 Å². The number of nitrogens with one attached hydrogen (secondary N) is 2. The van der Waals surface area contributed by atoms with Gasteiger partial charge in [-0.25, -0.2) is 0 Å². The number of aryl methyl sites for hydroxylation is 1. The molecule has 0 aliphatic rings. The molecule has 0 radical (unpaired) electrons. The third-order valence-corrected chi connectivity index (χ3v) is 3.27. The van der Waals surface area contributed by atoms with Gasteiger partial charge in [0.05, 0.1) is 12.5 Å². The van der Waals surface area contributed by atoms with Crippen LogP contribution in [-0.4, -0.2) is 27.2 Å². The van der Waals surface area contributed by atoms with Gasteiger partial charge in [-0.15, -0.1) is 0 Å². The maximum Gasteiger partial charge on any atom is 0.305 e. The zero-order chi connectivity index (χ0) is 15.9. The van der Waals surface area contributed by atoms with Crippen LogP contribution in [0.25, 0.3) is 0 Å². The highest BCUT2D eigenvalue weighted by molar-refractivity contribution is 5.92. The Kier molecular flexibility index (Phi) is 5.30. The molecule has 6 nitrogen and oxygen atoms in total. The minimum atomic E-state index is -0.970. The molecule has 1 amide bonds. The van der Waals surface area contributed by atoms with E-state index in [1.54, 1.807) is 18.2 Å². The van der Waals surface area contributed by atoms with Crippen molar-refractivity contribution < 1.29 is 14.7 Å². The van der Waals surface area contributed by atoms with Gasteiger partial charge in [0.25, 0.3) is 5.91 Å². The molecule has 1 aromatic heterocycles. The number of carbonyl (C=O) groups is 2. The summed E-state index contributed by atoms with van der Waals surface area (Å²) in [7, 11) is 0. The third-order valence-electron chi connectivity index (χ3n) is 3.27. The van der Waals surface area contributed by atoms with E-state index >= 15 is 0 Å². The Bertz CT molecular complexity index is 637. The average Bonchev–Trinajstić information content (AvgIpc) is 2.96. The number of carboxylic acids is 1. The summed E-state index contributed by atoms with van der Waals surface area (Å²) >= 11 is 0. The van der Waals surface area contributed by atoms with Gasteiger partial charge in [0.15, 0.2) is 0 Å². The molecule has 2 aromatic rings. The van der Waals surface area contributed by atoms with E-state index < -0.39 is 12.0 Å². The van der Waals surface area contributed by atoms with Crippen LogP contribution in [0.5, 0.6) is 0 Å². The number of benzene rings is 1. The summed E-state index contributed by atoms with van der Waals surface area (Å²) in [6.45, 7) is 2.04. The maximum absolute atomic E-state index is 12.2. The van der Waals surface area contributed by atoms with Gasteiger partial charge in [0.1, 0.15) is 5.69 Å². The molecule has 0 bridgehead atoms. The second-order valence-electron chi connectivity index (χ2n) is 5.06. The van der Waals surface area contributed by atoms with Crippen molar-refractivity contribution >= 4 is 11.9 Å². The average molecular weight is 301 g/mol. The Morgan fingerprint density at radius 3 is 2.68 bits per heavy atom. The molecule has 0 fully saturated rings. The lowest BCUT2D eigenvalue weighted by Gasteiger charge is -2.16. The minimum absolute atomic E-state index is 0.179. The van der Waals surface area contributed by atoms with Crippen molar-refractivity contribution in [3.8, 4) is 0 Å². The lowest BCUT2D eigenvalue weighted by molar-refractivity contribution is -0.137. The first-order valence-corrected chi connectivity index (χ1v) is 7.22. The van der Waals surface area contributed by atoms with E-state index in [9.17, 15) is 9.59 Å². The number of hydrogen-bond acceptors (Lipinski definition) is 3. The zero-order valence-electron chi connectivity index (χ0n) is 12.4. The van der Waals surface area contributed by atoms with Gasteiger partial charge in [-0.3, -0.25) is 14.7 Å². The predicted molar refractivity (Wildman–Crippen MR) is 81.5 cm³/mol.